The summed E-state index contributed by atoms with van der Waals surface area (Å²) in [6, 6.07) is 0. The zero-order valence-corrected chi connectivity index (χ0v) is 14.2. The predicted octanol–water partition coefficient (Wildman–Crippen LogP) is 6.90. The highest BCUT2D eigenvalue weighted by atomic mass is 14.4. The van der Waals surface area contributed by atoms with Crippen LogP contribution in [0.15, 0.2) is 11.1 Å². The molecule has 0 amide bonds. The van der Waals surface area contributed by atoms with Gasteiger partial charge in [0.1, 0.15) is 0 Å². The van der Waals surface area contributed by atoms with E-state index in [1.165, 1.54) is 77.0 Å². The highest BCUT2D eigenvalue weighted by molar-refractivity contribution is 5.24. The van der Waals surface area contributed by atoms with Crippen LogP contribution in [0.5, 0.6) is 0 Å². The first kappa shape index (κ1) is 16.1. The summed E-state index contributed by atoms with van der Waals surface area (Å²) >= 11 is 0. The Labute approximate surface area is 127 Å². The highest BCUT2D eigenvalue weighted by Gasteiger charge is 2.30. The van der Waals surface area contributed by atoms with Crippen LogP contribution in [0.4, 0.5) is 0 Å². The average Bonchev–Trinajstić information content (AvgIpc) is 2.86. The van der Waals surface area contributed by atoms with E-state index in [1.807, 2.05) is 11.1 Å². The SMILES string of the molecule is CCCCCCCC1C(=C2CCCC2C)CCCC1C. The molecule has 0 aliphatic heterocycles. The molecule has 0 aromatic rings. The van der Waals surface area contributed by atoms with Gasteiger partial charge in [-0.3, -0.25) is 0 Å². The van der Waals surface area contributed by atoms with Crippen LogP contribution in [0, 0.1) is 17.8 Å². The van der Waals surface area contributed by atoms with Crippen LogP contribution in [0.25, 0.3) is 0 Å². The second-order valence-electron chi connectivity index (χ2n) is 7.52. The Morgan fingerprint density at radius 2 is 1.55 bits per heavy atom. The summed E-state index contributed by atoms with van der Waals surface area (Å²) in [6.45, 7) is 7.32. The zero-order valence-electron chi connectivity index (χ0n) is 14.2. The molecule has 0 saturated heterocycles. The first-order valence-electron chi connectivity index (χ1n) is 9.45. The van der Waals surface area contributed by atoms with Crippen molar-refractivity contribution in [3.8, 4) is 0 Å². The summed E-state index contributed by atoms with van der Waals surface area (Å²) in [5.41, 5.74) is 3.83. The monoisotopic (exact) mass is 276 g/mol. The fourth-order valence-corrected chi connectivity index (χ4v) is 4.67. The normalized spacial score (nSPS) is 34.6. The van der Waals surface area contributed by atoms with E-state index in [9.17, 15) is 0 Å². The van der Waals surface area contributed by atoms with Gasteiger partial charge in [-0.05, 0) is 62.7 Å². The second kappa shape index (κ2) is 8.25. The average molecular weight is 277 g/mol. The van der Waals surface area contributed by atoms with E-state index in [-0.39, 0.29) is 0 Å². The number of hydrogen-bond donors (Lipinski definition) is 0. The first-order valence-corrected chi connectivity index (χ1v) is 9.45. The maximum absolute atomic E-state index is 2.52. The van der Waals surface area contributed by atoms with E-state index in [0.29, 0.717) is 0 Å². The minimum absolute atomic E-state index is 0.901. The lowest BCUT2D eigenvalue weighted by molar-refractivity contribution is 0.298. The van der Waals surface area contributed by atoms with Crippen LogP contribution in [0.2, 0.25) is 0 Å². The van der Waals surface area contributed by atoms with Crippen LogP contribution < -0.4 is 0 Å². The summed E-state index contributed by atoms with van der Waals surface area (Å²) in [5.74, 6) is 2.80. The van der Waals surface area contributed by atoms with Gasteiger partial charge in [-0.2, -0.15) is 0 Å². The van der Waals surface area contributed by atoms with E-state index in [2.05, 4.69) is 20.8 Å². The van der Waals surface area contributed by atoms with Gasteiger partial charge in [0.25, 0.3) is 0 Å². The number of unbranched alkanes of at least 4 members (excludes halogenated alkanes) is 4. The molecule has 0 nitrogen and oxygen atoms in total. The lowest BCUT2D eigenvalue weighted by atomic mass is 9.71. The number of allylic oxidation sites excluding steroid dienone is 2. The van der Waals surface area contributed by atoms with Gasteiger partial charge in [0.15, 0.2) is 0 Å². The molecule has 3 unspecified atom stereocenters. The third-order valence-electron chi connectivity index (χ3n) is 5.95. The Bertz CT molecular complexity index is 312. The standard InChI is InChI=1S/C20H36/c1-4-5-6-7-8-13-18-16(2)12-10-15-20(18)19-14-9-11-17(19)3/h16-18H,4-15H2,1-3H3. The molecule has 2 rings (SSSR count). The topological polar surface area (TPSA) is 0 Å². The van der Waals surface area contributed by atoms with Crippen molar-refractivity contribution in [1.29, 1.82) is 0 Å². The molecule has 0 aromatic heterocycles. The van der Waals surface area contributed by atoms with Crippen molar-refractivity contribution in [2.24, 2.45) is 17.8 Å². The van der Waals surface area contributed by atoms with Gasteiger partial charge >= 0.3 is 0 Å². The summed E-state index contributed by atoms with van der Waals surface area (Å²) in [4.78, 5) is 0. The van der Waals surface area contributed by atoms with E-state index in [1.54, 1.807) is 0 Å². The fourth-order valence-electron chi connectivity index (χ4n) is 4.67. The minimum atomic E-state index is 0.901. The molecule has 3 atom stereocenters. The van der Waals surface area contributed by atoms with Gasteiger partial charge in [-0.15, -0.1) is 0 Å². The molecule has 20 heavy (non-hydrogen) atoms. The van der Waals surface area contributed by atoms with Crippen molar-refractivity contribution >= 4 is 0 Å². The molecular formula is C20H36. The van der Waals surface area contributed by atoms with Crippen LogP contribution in [0.3, 0.4) is 0 Å². The number of hydrogen-bond acceptors (Lipinski definition) is 0. The Morgan fingerprint density at radius 3 is 2.25 bits per heavy atom. The molecular weight excluding hydrogens is 240 g/mol. The Kier molecular flexibility index (Phi) is 6.65. The van der Waals surface area contributed by atoms with Crippen molar-refractivity contribution in [3.05, 3.63) is 11.1 Å². The highest BCUT2D eigenvalue weighted by Crippen LogP contribution is 2.44. The summed E-state index contributed by atoms with van der Waals surface area (Å²) < 4.78 is 0. The lowest BCUT2D eigenvalue weighted by Crippen LogP contribution is -2.21. The van der Waals surface area contributed by atoms with Gasteiger partial charge < -0.3 is 0 Å². The van der Waals surface area contributed by atoms with E-state index < -0.39 is 0 Å². The Morgan fingerprint density at radius 1 is 0.850 bits per heavy atom. The van der Waals surface area contributed by atoms with Gasteiger partial charge in [0.2, 0.25) is 0 Å². The van der Waals surface area contributed by atoms with Crippen molar-refractivity contribution in [3.63, 3.8) is 0 Å². The van der Waals surface area contributed by atoms with E-state index >= 15 is 0 Å². The Balaban J connectivity index is 1.94. The van der Waals surface area contributed by atoms with Crippen molar-refractivity contribution < 1.29 is 0 Å². The number of rotatable bonds is 6. The molecule has 0 N–H and O–H groups in total. The molecule has 0 heteroatoms. The summed E-state index contributed by atoms with van der Waals surface area (Å²) in [7, 11) is 0. The molecule has 0 spiro atoms. The maximum atomic E-state index is 2.52. The molecule has 0 radical (unpaired) electrons. The van der Waals surface area contributed by atoms with Gasteiger partial charge in [0.05, 0.1) is 0 Å². The molecule has 2 aliphatic carbocycles. The predicted molar refractivity (Wildman–Crippen MR) is 89.9 cm³/mol. The lowest BCUT2D eigenvalue weighted by Gasteiger charge is -2.34. The van der Waals surface area contributed by atoms with Gasteiger partial charge in [-0.25, -0.2) is 0 Å². The summed E-state index contributed by atoms with van der Waals surface area (Å²) in [5, 5.41) is 0. The molecule has 0 bridgehead atoms. The molecule has 2 aliphatic rings. The summed E-state index contributed by atoms with van der Waals surface area (Å²) in [6.07, 6.45) is 17.4. The van der Waals surface area contributed by atoms with Crippen LogP contribution in [-0.4, -0.2) is 0 Å². The minimum Gasteiger partial charge on any atom is -0.0679 e. The quantitative estimate of drug-likeness (QED) is 0.365. The maximum Gasteiger partial charge on any atom is -0.0175 e. The van der Waals surface area contributed by atoms with E-state index in [0.717, 1.165) is 17.8 Å². The van der Waals surface area contributed by atoms with E-state index in [4.69, 9.17) is 0 Å². The van der Waals surface area contributed by atoms with Crippen molar-refractivity contribution in [2.75, 3.05) is 0 Å². The van der Waals surface area contributed by atoms with Crippen LogP contribution in [-0.2, 0) is 0 Å². The van der Waals surface area contributed by atoms with Crippen LogP contribution in [0.1, 0.15) is 97.8 Å². The third kappa shape index (κ3) is 4.12. The second-order valence-corrected chi connectivity index (χ2v) is 7.52. The van der Waals surface area contributed by atoms with Crippen molar-refractivity contribution in [1.82, 2.24) is 0 Å². The smallest absolute Gasteiger partial charge is 0.0175 e. The fraction of sp³-hybridized carbons (Fsp3) is 0.900. The van der Waals surface area contributed by atoms with Crippen molar-refractivity contribution in [2.45, 2.75) is 97.8 Å². The molecule has 116 valence electrons. The van der Waals surface area contributed by atoms with Crippen LogP contribution >= 0.6 is 0 Å². The zero-order chi connectivity index (χ0) is 14.4. The first-order chi connectivity index (χ1) is 9.74. The molecule has 0 aromatic carbocycles. The largest absolute Gasteiger partial charge is 0.0679 e. The Hall–Kier alpha value is -0.260. The molecule has 2 saturated carbocycles. The third-order valence-corrected chi connectivity index (χ3v) is 5.95. The van der Waals surface area contributed by atoms with Gasteiger partial charge in [0, 0.05) is 0 Å². The van der Waals surface area contributed by atoms with Gasteiger partial charge in [-0.1, -0.05) is 64.0 Å². The molecule has 2 fully saturated rings. The molecule has 0 heterocycles.